The van der Waals surface area contributed by atoms with Gasteiger partial charge in [-0.25, -0.2) is 0 Å². The van der Waals surface area contributed by atoms with E-state index >= 15 is 0 Å². The van der Waals surface area contributed by atoms with Gasteiger partial charge < -0.3 is 30.4 Å². The number of aliphatic hydroxyl groups excluding tert-OH is 2. The van der Waals surface area contributed by atoms with Crippen molar-refractivity contribution in [3.8, 4) is 11.5 Å². The number of hydrogen-bond acceptors (Lipinski definition) is 6. The smallest absolute Gasteiger partial charge is 0.196 e. The molecule has 8 heteroatoms. The van der Waals surface area contributed by atoms with Gasteiger partial charge in [0.25, 0.3) is 0 Å². The number of phenolic OH excluding ortho intramolecular Hbond substituents is 2. The molecule has 0 amide bonds. The summed E-state index contributed by atoms with van der Waals surface area (Å²) < 4.78 is 0. The molecule has 0 radical (unpaired) electrons. The van der Waals surface area contributed by atoms with E-state index in [0.29, 0.717) is 21.8 Å². The Bertz CT molecular complexity index is 1130. The van der Waals surface area contributed by atoms with Crippen molar-refractivity contribution in [1.29, 1.82) is 0 Å². The first-order valence-electron chi connectivity index (χ1n) is 8.41. The van der Waals surface area contributed by atoms with Crippen LogP contribution >= 0.6 is 0 Å². The minimum Gasteiger partial charge on any atom is -0.508 e. The second-order valence-corrected chi connectivity index (χ2v) is 6.48. The van der Waals surface area contributed by atoms with Crippen LogP contribution in [-0.4, -0.2) is 54.2 Å². The van der Waals surface area contributed by atoms with Crippen molar-refractivity contribution in [1.82, 2.24) is 9.97 Å². The summed E-state index contributed by atoms with van der Waals surface area (Å²) in [6, 6.07) is 8.70. The summed E-state index contributed by atoms with van der Waals surface area (Å²) in [7, 11) is 0. The fourth-order valence-electron chi connectivity index (χ4n) is 3.23. The van der Waals surface area contributed by atoms with Gasteiger partial charge in [0.2, 0.25) is 0 Å². The monoisotopic (exact) mass is 380 g/mol. The van der Waals surface area contributed by atoms with Crippen molar-refractivity contribution in [3.63, 3.8) is 0 Å². The average molecular weight is 380 g/mol. The molecule has 8 nitrogen and oxygen atoms in total. The Morgan fingerprint density at radius 3 is 1.50 bits per heavy atom. The number of nitrogens with one attached hydrogen (secondary N) is 2. The van der Waals surface area contributed by atoms with E-state index in [-0.39, 0.29) is 22.6 Å². The standard InChI is InChI=1S/C20H16N2O6/c23-9-1-3-15-11(5-9)13(7-21-15)17(25)19(27)20(28)18(26)14-8-22-16-4-2-10(24)6-12(14)16/h1-8,19-24,27-28H. The quantitative estimate of drug-likeness (QED) is 0.291. The molecule has 0 spiro atoms. The molecule has 0 saturated heterocycles. The average Bonchev–Trinajstić information content (AvgIpc) is 3.29. The lowest BCUT2D eigenvalue weighted by molar-refractivity contribution is 0.0218. The van der Waals surface area contributed by atoms with Gasteiger partial charge in [0.15, 0.2) is 23.8 Å². The van der Waals surface area contributed by atoms with Crippen LogP contribution in [0.15, 0.2) is 48.8 Å². The van der Waals surface area contributed by atoms with E-state index in [1.165, 1.54) is 36.7 Å². The van der Waals surface area contributed by atoms with Gasteiger partial charge in [-0.3, -0.25) is 9.59 Å². The SMILES string of the molecule is O=C(c1c[nH]c2ccc(O)cc12)C(O)C(O)C(=O)c1c[nH]c2ccc(O)cc12. The molecule has 0 aliphatic rings. The normalized spacial score (nSPS) is 13.6. The number of Topliss-reactive ketones (excluding diaryl/α,β-unsaturated/α-hetero) is 2. The summed E-state index contributed by atoms with van der Waals surface area (Å²) in [6.45, 7) is 0. The first-order valence-corrected chi connectivity index (χ1v) is 8.41. The summed E-state index contributed by atoms with van der Waals surface area (Å²) in [4.78, 5) is 31.0. The molecule has 0 aliphatic heterocycles. The zero-order valence-corrected chi connectivity index (χ0v) is 14.4. The summed E-state index contributed by atoms with van der Waals surface area (Å²) >= 11 is 0. The lowest BCUT2D eigenvalue weighted by Crippen LogP contribution is -2.39. The van der Waals surface area contributed by atoms with E-state index in [4.69, 9.17) is 0 Å². The maximum absolute atomic E-state index is 12.7. The van der Waals surface area contributed by atoms with Gasteiger partial charge in [0.05, 0.1) is 0 Å². The van der Waals surface area contributed by atoms with Crippen molar-refractivity contribution in [2.45, 2.75) is 12.2 Å². The molecule has 0 aliphatic carbocycles. The first kappa shape index (κ1) is 17.8. The fraction of sp³-hybridized carbons (Fsp3) is 0.100. The lowest BCUT2D eigenvalue weighted by atomic mass is 9.96. The first-order chi connectivity index (χ1) is 13.4. The van der Waals surface area contributed by atoms with Gasteiger partial charge in [-0.2, -0.15) is 0 Å². The Kier molecular flexibility index (Phi) is 4.14. The summed E-state index contributed by atoms with van der Waals surface area (Å²) in [5, 5.41) is 40.6. The van der Waals surface area contributed by atoms with Crippen molar-refractivity contribution in [3.05, 3.63) is 59.9 Å². The molecular weight excluding hydrogens is 364 g/mol. The van der Waals surface area contributed by atoms with Gasteiger partial charge in [-0.15, -0.1) is 0 Å². The zero-order chi connectivity index (χ0) is 20.0. The van der Waals surface area contributed by atoms with Crippen LogP contribution in [0.5, 0.6) is 11.5 Å². The Morgan fingerprint density at radius 1 is 0.714 bits per heavy atom. The number of carbonyl (C=O) groups excluding carboxylic acids is 2. The molecule has 0 bridgehead atoms. The summed E-state index contributed by atoms with van der Waals surface area (Å²) in [5.74, 6) is -1.85. The number of rotatable bonds is 5. The van der Waals surface area contributed by atoms with Crippen LogP contribution in [0.3, 0.4) is 0 Å². The molecule has 0 saturated carbocycles. The number of phenols is 2. The maximum atomic E-state index is 12.7. The minimum atomic E-state index is -2.00. The van der Waals surface area contributed by atoms with Crippen molar-refractivity contribution < 1.29 is 30.0 Å². The van der Waals surface area contributed by atoms with Crippen molar-refractivity contribution >= 4 is 33.4 Å². The molecule has 2 atom stereocenters. The summed E-state index contributed by atoms with van der Waals surface area (Å²) in [6.07, 6.45) is -1.32. The molecule has 4 rings (SSSR count). The minimum absolute atomic E-state index is 0.0434. The number of ketones is 2. The fourth-order valence-corrected chi connectivity index (χ4v) is 3.23. The van der Waals surface area contributed by atoms with E-state index in [0.717, 1.165) is 0 Å². The third-order valence-electron chi connectivity index (χ3n) is 4.70. The third-order valence-corrected chi connectivity index (χ3v) is 4.70. The number of aliphatic hydroxyl groups is 2. The van der Waals surface area contributed by atoms with E-state index in [2.05, 4.69) is 9.97 Å². The van der Waals surface area contributed by atoms with Crippen LogP contribution in [0.2, 0.25) is 0 Å². The molecule has 2 aromatic heterocycles. The van der Waals surface area contributed by atoms with Gasteiger partial charge >= 0.3 is 0 Å². The van der Waals surface area contributed by atoms with Crippen molar-refractivity contribution in [2.75, 3.05) is 0 Å². The number of aromatic nitrogens is 2. The molecule has 4 aromatic rings. The number of carbonyl (C=O) groups is 2. The maximum Gasteiger partial charge on any atom is 0.196 e. The van der Waals surface area contributed by atoms with E-state index in [1.54, 1.807) is 12.1 Å². The number of aromatic hydroxyl groups is 2. The molecular formula is C20H16N2O6. The highest BCUT2D eigenvalue weighted by atomic mass is 16.3. The molecule has 28 heavy (non-hydrogen) atoms. The Labute approximate surface area is 157 Å². The molecule has 2 aromatic carbocycles. The molecule has 142 valence electrons. The zero-order valence-electron chi connectivity index (χ0n) is 14.4. The predicted molar refractivity (Wildman–Crippen MR) is 101 cm³/mol. The van der Waals surface area contributed by atoms with Crippen LogP contribution in [-0.2, 0) is 0 Å². The van der Waals surface area contributed by atoms with Crippen LogP contribution in [0.4, 0.5) is 0 Å². The highest BCUT2D eigenvalue weighted by Gasteiger charge is 2.33. The topological polar surface area (TPSA) is 147 Å². The van der Waals surface area contributed by atoms with Crippen molar-refractivity contribution in [2.24, 2.45) is 0 Å². The number of H-pyrrole nitrogens is 2. The van der Waals surface area contributed by atoms with Gasteiger partial charge in [0, 0.05) is 45.3 Å². The van der Waals surface area contributed by atoms with Gasteiger partial charge in [-0.1, -0.05) is 0 Å². The second kappa shape index (κ2) is 6.52. The van der Waals surface area contributed by atoms with E-state index in [9.17, 15) is 30.0 Å². The number of aromatic amines is 2. The Balaban J connectivity index is 1.65. The van der Waals surface area contributed by atoms with E-state index in [1.807, 2.05) is 0 Å². The second-order valence-electron chi connectivity index (χ2n) is 6.48. The molecule has 2 unspecified atom stereocenters. The van der Waals surface area contributed by atoms with Gasteiger partial charge in [0.1, 0.15) is 11.5 Å². The number of hydrogen-bond donors (Lipinski definition) is 6. The third kappa shape index (κ3) is 2.81. The number of benzene rings is 2. The van der Waals surface area contributed by atoms with Gasteiger partial charge in [-0.05, 0) is 36.4 Å². The highest BCUT2D eigenvalue weighted by molar-refractivity contribution is 6.15. The Morgan fingerprint density at radius 2 is 1.11 bits per heavy atom. The van der Waals surface area contributed by atoms with E-state index < -0.39 is 23.8 Å². The Hall–Kier alpha value is -3.62. The molecule has 0 fully saturated rings. The van der Waals surface area contributed by atoms with Crippen LogP contribution in [0.25, 0.3) is 21.8 Å². The summed E-state index contributed by atoms with van der Waals surface area (Å²) in [5.41, 5.74) is 1.20. The predicted octanol–water partition coefficient (Wildman–Crippen LogP) is 1.85. The van der Waals surface area contributed by atoms with Crippen LogP contribution in [0, 0.1) is 0 Å². The number of fused-ring (bicyclic) bond motifs is 2. The van der Waals surface area contributed by atoms with Crippen LogP contribution < -0.4 is 0 Å². The van der Waals surface area contributed by atoms with Crippen LogP contribution in [0.1, 0.15) is 20.7 Å². The highest BCUT2D eigenvalue weighted by Crippen LogP contribution is 2.27. The molecule has 6 N–H and O–H groups in total. The largest absolute Gasteiger partial charge is 0.508 e. The molecule has 2 heterocycles. The lowest BCUT2D eigenvalue weighted by Gasteiger charge is -2.15.